The van der Waals surface area contributed by atoms with Crippen LogP contribution in [0, 0.1) is 11.6 Å². The van der Waals surface area contributed by atoms with E-state index in [1.54, 1.807) is 0 Å². The van der Waals surface area contributed by atoms with Gasteiger partial charge in [-0.05, 0) is 12.1 Å². The molecule has 0 bridgehead atoms. The summed E-state index contributed by atoms with van der Waals surface area (Å²) >= 11 is 0. The van der Waals surface area contributed by atoms with Crippen molar-refractivity contribution in [3.63, 3.8) is 0 Å². The van der Waals surface area contributed by atoms with Gasteiger partial charge in [0.1, 0.15) is 17.7 Å². The molecule has 0 radical (unpaired) electrons. The van der Waals surface area contributed by atoms with Crippen molar-refractivity contribution < 1.29 is 27.1 Å². The van der Waals surface area contributed by atoms with Gasteiger partial charge in [-0.3, -0.25) is 0 Å². The molecule has 0 aliphatic heterocycles. The summed E-state index contributed by atoms with van der Waals surface area (Å²) in [7, 11) is 0. The quantitative estimate of drug-likeness (QED) is 0.814. The van der Waals surface area contributed by atoms with Gasteiger partial charge in [0.25, 0.3) is 0 Å². The standard InChI is InChI=1S/C10H10F5NO/c11-5-2-1-3-6(12)9(5)7(17)4-8(16)10(13,14)15/h1-3,7-8,17H,4,16H2/t7-,8-/m0/s1. The minimum Gasteiger partial charge on any atom is -0.388 e. The predicted octanol–water partition coefficient (Wildman–Crippen LogP) is 2.28. The van der Waals surface area contributed by atoms with Crippen LogP contribution in [0.5, 0.6) is 0 Å². The number of aliphatic hydroxyl groups excluding tert-OH is 1. The lowest BCUT2D eigenvalue weighted by Gasteiger charge is -2.19. The Morgan fingerprint density at radius 1 is 1.18 bits per heavy atom. The molecule has 96 valence electrons. The van der Waals surface area contributed by atoms with Gasteiger partial charge in [-0.1, -0.05) is 6.07 Å². The third-order valence-corrected chi connectivity index (χ3v) is 2.23. The van der Waals surface area contributed by atoms with Gasteiger partial charge in [0, 0.05) is 6.42 Å². The molecule has 0 aromatic heterocycles. The van der Waals surface area contributed by atoms with Gasteiger partial charge >= 0.3 is 6.18 Å². The van der Waals surface area contributed by atoms with Crippen molar-refractivity contribution in [2.24, 2.45) is 5.73 Å². The number of nitrogens with two attached hydrogens (primary N) is 1. The van der Waals surface area contributed by atoms with E-state index in [1.807, 2.05) is 0 Å². The SMILES string of the molecule is N[C@@H](C[C@H](O)c1c(F)cccc1F)C(F)(F)F. The van der Waals surface area contributed by atoms with Crippen LogP contribution in [0.2, 0.25) is 0 Å². The molecule has 0 aliphatic carbocycles. The van der Waals surface area contributed by atoms with Crippen molar-refractivity contribution in [1.29, 1.82) is 0 Å². The van der Waals surface area contributed by atoms with Crippen LogP contribution in [0.15, 0.2) is 18.2 Å². The molecule has 0 saturated heterocycles. The van der Waals surface area contributed by atoms with Crippen molar-refractivity contribution in [2.75, 3.05) is 0 Å². The van der Waals surface area contributed by atoms with Crippen molar-refractivity contribution in [1.82, 2.24) is 0 Å². The first-order valence-corrected chi connectivity index (χ1v) is 4.67. The van der Waals surface area contributed by atoms with E-state index in [1.165, 1.54) is 0 Å². The Balaban J connectivity index is 2.87. The second-order valence-electron chi connectivity index (χ2n) is 3.53. The number of hydrogen-bond acceptors (Lipinski definition) is 2. The highest BCUT2D eigenvalue weighted by Crippen LogP contribution is 2.29. The van der Waals surface area contributed by atoms with Gasteiger partial charge in [0.2, 0.25) is 0 Å². The third kappa shape index (κ3) is 3.37. The average Bonchev–Trinajstić information content (AvgIpc) is 2.15. The molecule has 2 nitrogen and oxygen atoms in total. The van der Waals surface area contributed by atoms with Gasteiger partial charge < -0.3 is 10.8 Å². The van der Waals surface area contributed by atoms with E-state index in [0.717, 1.165) is 18.2 Å². The first-order chi connectivity index (χ1) is 7.73. The van der Waals surface area contributed by atoms with Gasteiger partial charge in [0.05, 0.1) is 11.7 Å². The minimum absolute atomic E-state index is 0.799. The lowest BCUT2D eigenvalue weighted by molar-refractivity contribution is -0.154. The van der Waals surface area contributed by atoms with Crippen LogP contribution >= 0.6 is 0 Å². The lowest BCUT2D eigenvalue weighted by Crippen LogP contribution is -2.38. The van der Waals surface area contributed by atoms with Crippen molar-refractivity contribution in [2.45, 2.75) is 24.7 Å². The normalized spacial score (nSPS) is 15.7. The van der Waals surface area contributed by atoms with Crippen LogP contribution in [0.3, 0.4) is 0 Å². The van der Waals surface area contributed by atoms with E-state index in [0.29, 0.717) is 0 Å². The smallest absolute Gasteiger partial charge is 0.388 e. The summed E-state index contributed by atoms with van der Waals surface area (Å²) in [5.74, 6) is -2.21. The number of benzene rings is 1. The van der Waals surface area contributed by atoms with Crippen LogP contribution in [0.25, 0.3) is 0 Å². The lowest BCUT2D eigenvalue weighted by atomic mass is 10.0. The molecule has 17 heavy (non-hydrogen) atoms. The van der Waals surface area contributed by atoms with Crippen LogP contribution in [-0.2, 0) is 0 Å². The van der Waals surface area contributed by atoms with Crippen molar-refractivity contribution >= 4 is 0 Å². The molecule has 0 saturated carbocycles. The monoisotopic (exact) mass is 255 g/mol. The summed E-state index contributed by atoms with van der Waals surface area (Å²) in [6.45, 7) is 0. The number of aliphatic hydroxyl groups is 1. The molecule has 0 amide bonds. The topological polar surface area (TPSA) is 46.2 Å². The summed E-state index contributed by atoms with van der Waals surface area (Å²) in [5, 5.41) is 9.36. The van der Waals surface area contributed by atoms with Gasteiger partial charge in [0.15, 0.2) is 0 Å². The molecule has 1 aromatic rings. The van der Waals surface area contributed by atoms with E-state index in [-0.39, 0.29) is 0 Å². The minimum atomic E-state index is -4.72. The maximum Gasteiger partial charge on any atom is 0.403 e. The second-order valence-corrected chi connectivity index (χ2v) is 3.53. The van der Waals surface area contributed by atoms with E-state index >= 15 is 0 Å². The Bertz CT molecular complexity index is 373. The van der Waals surface area contributed by atoms with E-state index in [4.69, 9.17) is 5.73 Å². The summed E-state index contributed by atoms with van der Waals surface area (Å²) < 4.78 is 62.6. The summed E-state index contributed by atoms with van der Waals surface area (Å²) in [6.07, 6.45) is -7.66. The zero-order valence-corrected chi connectivity index (χ0v) is 8.51. The van der Waals surface area contributed by atoms with E-state index in [9.17, 15) is 27.1 Å². The molecule has 2 atom stereocenters. The highest BCUT2D eigenvalue weighted by molar-refractivity contribution is 5.22. The molecule has 0 aliphatic rings. The van der Waals surface area contributed by atoms with Crippen molar-refractivity contribution in [3.8, 4) is 0 Å². The zero-order valence-electron chi connectivity index (χ0n) is 8.51. The molecule has 0 spiro atoms. The largest absolute Gasteiger partial charge is 0.403 e. The first kappa shape index (κ1) is 13.9. The maximum absolute atomic E-state index is 13.1. The highest BCUT2D eigenvalue weighted by Gasteiger charge is 2.38. The van der Waals surface area contributed by atoms with Crippen molar-refractivity contribution in [3.05, 3.63) is 35.4 Å². The Morgan fingerprint density at radius 3 is 2.06 bits per heavy atom. The number of alkyl halides is 3. The second kappa shape index (κ2) is 4.97. The molecule has 1 rings (SSSR count). The molecule has 0 fully saturated rings. The molecule has 0 unspecified atom stereocenters. The summed E-state index contributed by atoms with van der Waals surface area (Å²) in [5.41, 5.74) is 3.96. The Hall–Kier alpha value is -1.21. The molecular formula is C10H10F5NO. The fraction of sp³-hybridized carbons (Fsp3) is 0.400. The Kier molecular flexibility index (Phi) is 4.05. The van der Waals surface area contributed by atoms with Crippen LogP contribution < -0.4 is 5.73 Å². The molecule has 7 heteroatoms. The molecule has 3 N–H and O–H groups in total. The van der Waals surface area contributed by atoms with E-state index in [2.05, 4.69) is 0 Å². The number of hydrogen-bond donors (Lipinski definition) is 2. The molecule has 0 heterocycles. The van der Waals surface area contributed by atoms with E-state index < -0.39 is 41.9 Å². The third-order valence-electron chi connectivity index (χ3n) is 2.23. The number of rotatable bonds is 3. The highest BCUT2D eigenvalue weighted by atomic mass is 19.4. The molecular weight excluding hydrogens is 245 g/mol. The van der Waals surface area contributed by atoms with Gasteiger partial charge in [-0.2, -0.15) is 13.2 Å². The zero-order chi connectivity index (χ0) is 13.2. The number of halogens is 5. The van der Waals surface area contributed by atoms with Gasteiger partial charge in [-0.15, -0.1) is 0 Å². The van der Waals surface area contributed by atoms with Crippen LogP contribution in [0.4, 0.5) is 22.0 Å². The predicted molar refractivity (Wildman–Crippen MR) is 50.0 cm³/mol. The van der Waals surface area contributed by atoms with Crippen LogP contribution in [-0.4, -0.2) is 17.3 Å². The molecule has 1 aromatic carbocycles. The first-order valence-electron chi connectivity index (χ1n) is 4.67. The van der Waals surface area contributed by atoms with Crippen LogP contribution in [0.1, 0.15) is 18.1 Å². The van der Waals surface area contributed by atoms with Gasteiger partial charge in [-0.25, -0.2) is 8.78 Å². The fourth-order valence-electron chi connectivity index (χ4n) is 1.32. The Labute approximate surface area is 93.9 Å². The fourth-order valence-corrected chi connectivity index (χ4v) is 1.32. The average molecular weight is 255 g/mol. The summed E-state index contributed by atoms with van der Waals surface area (Å²) in [6, 6.07) is 0.406. The maximum atomic E-state index is 13.1. The summed E-state index contributed by atoms with van der Waals surface area (Å²) in [4.78, 5) is 0. The Morgan fingerprint density at radius 2 is 1.65 bits per heavy atom.